The van der Waals surface area contributed by atoms with Crippen LogP contribution in [-0.4, -0.2) is 56.4 Å². The van der Waals surface area contributed by atoms with E-state index in [4.69, 9.17) is 10.5 Å². The highest BCUT2D eigenvalue weighted by atomic mass is 19.2. The summed E-state index contributed by atoms with van der Waals surface area (Å²) in [6.07, 6.45) is -0.504. The van der Waals surface area contributed by atoms with Gasteiger partial charge in [-0.1, -0.05) is 0 Å². The Morgan fingerprint density at radius 3 is 2.49 bits per heavy atom. The largest absolute Gasteiger partial charge is 0.444 e. The SMILES string of the molecule is CC(C)n1c(=O)c(-c2cc(F)c(N)c(F)c2F)cc2cnc(N[C@H]3C[C@H](F)CN(C(=O)OC(C)(C)C)C3)nc21. The summed E-state index contributed by atoms with van der Waals surface area (Å²) in [5, 5.41) is 3.31. The van der Waals surface area contributed by atoms with Crippen LogP contribution >= 0.6 is 0 Å². The summed E-state index contributed by atoms with van der Waals surface area (Å²) in [6, 6.07) is 0.884. The maximum Gasteiger partial charge on any atom is 0.410 e. The summed E-state index contributed by atoms with van der Waals surface area (Å²) < 4.78 is 64.1. The molecule has 0 radical (unpaired) electrons. The van der Waals surface area contributed by atoms with Gasteiger partial charge in [-0.3, -0.25) is 9.36 Å². The number of nitrogens with zero attached hydrogens (tertiary/aromatic N) is 4. The Morgan fingerprint density at radius 1 is 1.15 bits per heavy atom. The number of fused-ring (bicyclic) bond motifs is 1. The lowest BCUT2D eigenvalue weighted by Gasteiger charge is -2.36. The molecule has 0 spiro atoms. The molecular weight excluding hydrogens is 520 g/mol. The molecule has 4 rings (SSSR count). The molecule has 0 aliphatic carbocycles. The van der Waals surface area contributed by atoms with Crippen molar-refractivity contribution in [3.8, 4) is 11.1 Å². The van der Waals surface area contributed by atoms with E-state index in [0.29, 0.717) is 11.5 Å². The van der Waals surface area contributed by atoms with Gasteiger partial charge in [0.05, 0.1) is 12.1 Å². The fourth-order valence-corrected chi connectivity index (χ4v) is 4.47. The molecule has 3 aromatic rings. The second-order valence-corrected chi connectivity index (χ2v) is 10.8. The highest BCUT2D eigenvalue weighted by Gasteiger charge is 2.33. The monoisotopic (exact) mass is 550 g/mol. The molecule has 9 nitrogen and oxygen atoms in total. The van der Waals surface area contributed by atoms with E-state index in [0.717, 1.165) is 0 Å². The van der Waals surface area contributed by atoms with Gasteiger partial charge in [0.25, 0.3) is 5.56 Å². The molecule has 3 heterocycles. The Morgan fingerprint density at radius 2 is 1.85 bits per heavy atom. The first-order valence-corrected chi connectivity index (χ1v) is 12.4. The zero-order chi connectivity index (χ0) is 28.8. The number of rotatable bonds is 4. The van der Waals surface area contributed by atoms with Crippen molar-refractivity contribution in [3.63, 3.8) is 0 Å². The molecule has 1 amide bonds. The Hall–Kier alpha value is -3.90. The second-order valence-electron chi connectivity index (χ2n) is 10.8. The van der Waals surface area contributed by atoms with Crippen molar-refractivity contribution in [2.24, 2.45) is 0 Å². The van der Waals surface area contributed by atoms with E-state index in [-0.39, 0.29) is 36.7 Å². The molecule has 1 fully saturated rings. The van der Waals surface area contributed by atoms with E-state index in [1.807, 2.05) is 0 Å². The van der Waals surface area contributed by atoms with Crippen molar-refractivity contribution in [3.05, 3.63) is 46.1 Å². The van der Waals surface area contributed by atoms with Gasteiger partial charge in [-0.15, -0.1) is 0 Å². The summed E-state index contributed by atoms with van der Waals surface area (Å²) in [4.78, 5) is 35.8. The van der Waals surface area contributed by atoms with Crippen LogP contribution in [-0.2, 0) is 4.74 Å². The third-order valence-electron chi connectivity index (χ3n) is 6.16. The molecule has 39 heavy (non-hydrogen) atoms. The number of hydrogen-bond acceptors (Lipinski definition) is 7. The zero-order valence-electron chi connectivity index (χ0n) is 22.2. The number of aromatic nitrogens is 3. The zero-order valence-corrected chi connectivity index (χ0v) is 22.2. The number of nitrogens with two attached hydrogens (primary N) is 1. The number of amides is 1. The molecule has 1 saturated heterocycles. The lowest BCUT2D eigenvalue weighted by Crippen LogP contribution is -2.51. The number of carbonyl (C=O) groups excluding carboxylic acids is 1. The van der Waals surface area contributed by atoms with Crippen molar-refractivity contribution in [2.45, 2.75) is 64.9 Å². The number of ether oxygens (including phenoxy) is 1. The number of nitrogen functional groups attached to an aromatic ring is 1. The fraction of sp³-hybridized carbons (Fsp3) is 0.462. The van der Waals surface area contributed by atoms with E-state index in [2.05, 4.69) is 15.3 Å². The van der Waals surface area contributed by atoms with Crippen LogP contribution in [0, 0.1) is 17.5 Å². The number of halogens is 4. The average molecular weight is 551 g/mol. The molecule has 2 atom stereocenters. The van der Waals surface area contributed by atoms with Gasteiger partial charge >= 0.3 is 6.09 Å². The molecule has 1 aliphatic rings. The van der Waals surface area contributed by atoms with Gasteiger partial charge in [0.15, 0.2) is 11.6 Å². The normalized spacial score (nSPS) is 18.1. The molecule has 0 unspecified atom stereocenters. The predicted octanol–water partition coefficient (Wildman–Crippen LogP) is 4.80. The first-order valence-electron chi connectivity index (χ1n) is 12.4. The van der Waals surface area contributed by atoms with Crippen LogP contribution in [0.4, 0.5) is 34.0 Å². The highest BCUT2D eigenvalue weighted by molar-refractivity contribution is 5.82. The molecule has 0 saturated carbocycles. The molecular formula is C26H30F4N6O3. The average Bonchev–Trinajstić information content (AvgIpc) is 2.83. The third-order valence-corrected chi connectivity index (χ3v) is 6.16. The molecule has 1 aliphatic heterocycles. The van der Waals surface area contributed by atoms with Crippen LogP contribution < -0.4 is 16.6 Å². The summed E-state index contributed by atoms with van der Waals surface area (Å²) in [6.45, 7) is 8.56. The van der Waals surface area contributed by atoms with Crippen LogP contribution in [0.1, 0.15) is 47.1 Å². The lowest BCUT2D eigenvalue weighted by atomic mass is 10.0. The predicted molar refractivity (Wildman–Crippen MR) is 139 cm³/mol. The maximum absolute atomic E-state index is 14.7. The van der Waals surface area contributed by atoms with Gasteiger partial charge in [0.1, 0.15) is 28.9 Å². The molecule has 1 aromatic carbocycles. The van der Waals surface area contributed by atoms with Crippen molar-refractivity contribution < 1.29 is 27.1 Å². The minimum Gasteiger partial charge on any atom is -0.444 e. The number of carbonyl (C=O) groups is 1. The topological polar surface area (TPSA) is 115 Å². The van der Waals surface area contributed by atoms with E-state index in [1.165, 1.54) is 21.7 Å². The number of pyridine rings is 1. The van der Waals surface area contributed by atoms with Gasteiger partial charge in [-0.2, -0.15) is 4.98 Å². The Bertz CT molecular complexity index is 1490. The molecule has 13 heteroatoms. The first kappa shape index (κ1) is 28.1. The van der Waals surface area contributed by atoms with E-state index >= 15 is 0 Å². The Kier molecular flexibility index (Phi) is 7.46. The van der Waals surface area contributed by atoms with E-state index in [1.54, 1.807) is 34.6 Å². The Balaban J connectivity index is 1.71. The summed E-state index contributed by atoms with van der Waals surface area (Å²) >= 11 is 0. The number of benzene rings is 1. The number of nitrogens with one attached hydrogen (secondary N) is 1. The minimum absolute atomic E-state index is 0.0723. The molecule has 3 N–H and O–H groups in total. The standard InChI is InChI=1S/C26H30F4N6O3/c1-12(2)36-22-13(6-17(23(36)37)16-8-18(28)21(31)20(30)19(16)29)9-32-24(34-22)33-15-7-14(27)10-35(11-15)25(38)39-26(3,4)5/h6,8-9,12,14-15H,7,10-11,31H2,1-5H3,(H,32,33,34)/t14-,15-/m0/s1. The van der Waals surface area contributed by atoms with Crippen molar-refractivity contribution in [2.75, 3.05) is 24.1 Å². The summed E-state index contributed by atoms with van der Waals surface area (Å²) in [7, 11) is 0. The second kappa shape index (κ2) is 10.3. The third kappa shape index (κ3) is 5.76. The molecule has 2 aromatic heterocycles. The summed E-state index contributed by atoms with van der Waals surface area (Å²) in [5.41, 5.74) is 2.08. The quantitative estimate of drug-likeness (QED) is 0.272. The highest BCUT2D eigenvalue weighted by Crippen LogP contribution is 2.30. The van der Waals surface area contributed by atoms with Crippen LogP contribution in [0.3, 0.4) is 0 Å². The fourth-order valence-electron chi connectivity index (χ4n) is 4.47. The van der Waals surface area contributed by atoms with Gasteiger partial charge in [-0.05, 0) is 46.8 Å². The van der Waals surface area contributed by atoms with Crippen LogP contribution in [0.15, 0.2) is 23.1 Å². The van der Waals surface area contributed by atoms with Crippen LogP contribution in [0.25, 0.3) is 22.2 Å². The maximum atomic E-state index is 14.7. The van der Waals surface area contributed by atoms with Gasteiger partial charge in [-0.25, -0.2) is 27.3 Å². The molecule has 210 valence electrons. The van der Waals surface area contributed by atoms with E-state index in [9.17, 15) is 27.2 Å². The number of anilines is 2. The first-order chi connectivity index (χ1) is 18.2. The van der Waals surface area contributed by atoms with E-state index < -0.39 is 64.2 Å². The summed E-state index contributed by atoms with van der Waals surface area (Å²) in [5.74, 6) is -4.17. The van der Waals surface area contributed by atoms with Gasteiger partial charge < -0.3 is 20.7 Å². The number of piperidine rings is 1. The molecule has 0 bridgehead atoms. The van der Waals surface area contributed by atoms with Crippen molar-refractivity contribution in [1.29, 1.82) is 0 Å². The smallest absolute Gasteiger partial charge is 0.410 e. The minimum atomic E-state index is -1.59. The van der Waals surface area contributed by atoms with Crippen LogP contribution in [0.2, 0.25) is 0 Å². The number of likely N-dealkylation sites (tertiary alicyclic amines) is 1. The Labute approximate surface area is 222 Å². The number of hydrogen-bond donors (Lipinski definition) is 2. The van der Waals surface area contributed by atoms with Crippen LogP contribution in [0.5, 0.6) is 0 Å². The number of alkyl halides is 1. The van der Waals surface area contributed by atoms with Crippen molar-refractivity contribution in [1.82, 2.24) is 19.4 Å². The van der Waals surface area contributed by atoms with Gasteiger partial charge in [0, 0.05) is 42.2 Å². The van der Waals surface area contributed by atoms with Gasteiger partial charge in [0.2, 0.25) is 5.95 Å². The van der Waals surface area contributed by atoms with Crippen molar-refractivity contribution >= 4 is 28.8 Å². The lowest BCUT2D eigenvalue weighted by molar-refractivity contribution is 0.0124.